The summed E-state index contributed by atoms with van der Waals surface area (Å²) in [5, 5.41) is 7.38. The standard InChI is InChI=1S/C46H28N2/c1-3-13-27(14-4-1)41-35-23-29-17-7-8-18-30(29)24-36(35)42(28-15-5-2-6-16-28)38-26-40-39(25-37(38)41)47-45-43-31-19-9-11-21-33(31)44(46(45)48-40)34-22-12-10-20-32(34)43/h1-26,43-44H. The van der Waals surface area contributed by atoms with Crippen molar-refractivity contribution in [3.8, 4) is 22.3 Å². The van der Waals surface area contributed by atoms with Gasteiger partial charge in [0.05, 0.1) is 34.3 Å². The molecule has 48 heavy (non-hydrogen) atoms. The largest absolute Gasteiger partial charge is 0.248 e. The number of rotatable bonds is 2. The highest BCUT2D eigenvalue weighted by atomic mass is 14.9. The first-order valence-corrected chi connectivity index (χ1v) is 16.7. The summed E-state index contributed by atoms with van der Waals surface area (Å²) >= 11 is 0. The molecule has 9 aromatic rings. The minimum Gasteiger partial charge on any atom is -0.248 e. The predicted octanol–water partition coefficient (Wildman–Crippen LogP) is 11.4. The lowest BCUT2D eigenvalue weighted by atomic mass is 9.64. The molecule has 8 aromatic carbocycles. The van der Waals surface area contributed by atoms with Crippen LogP contribution in [0.1, 0.15) is 45.5 Å². The molecule has 0 spiro atoms. The number of benzene rings is 8. The second kappa shape index (κ2) is 9.70. The molecule has 0 saturated heterocycles. The summed E-state index contributed by atoms with van der Waals surface area (Å²) in [4.78, 5) is 11.1. The summed E-state index contributed by atoms with van der Waals surface area (Å²) in [6.07, 6.45) is 0. The maximum Gasteiger partial charge on any atom is 0.0897 e. The Morgan fingerprint density at radius 1 is 0.333 bits per heavy atom. The van der Waals surface area contributed by atoms with Crippen LogP contribution in [0.4, 0.5) is 0 Å². The van der Waals surface area contributed by atoms with E-state index in [4.69, 9.17) is 9.97 Å². The van der Waals surface area contributed by atoms with Crippen LogP contribution in [0, 0.1) is 0 Å². The smallest absolute Gasteiger partial charge is 0.0897 e. The maximum atomic E-state index is 5.55. The van der Waals surface area contributed by atoms with Crippen LogP contribution in [0.5, 0.6) is 0 Å². The van der Waals surface area contributed by atoms with E-state index in [9.17, 15) is 0 Å². The van der Waals surface area contributed by atoms with Crippen molar-refractivity contribution in [2.24, 2.45) is 0 Å². The summed E-state index contributed by atoms with van der Waals surface area (Å²) in [6.45, 7) is 0. The van der Waals surface area contributed by atoms with E-state index < -0.39 is 0 Å². The minimum atomic E-state index is 0.0847. The van der Waals surface area contributed by atoms with Gasteiger partial charge in [0.15, 0.2) is 0 Å². The van der Waals surface area contributed by atoms with Crippen LogP contribution in [0.2, 0.25) is 0 Å². The van der Waals surface area contributed by atoms with Crippen molar-refractivity contribution >= 4 is 43.4 Å². The number of nitrogens with zero attached hydrogens (tertiary/aromatic N) is 2. The van der Waals surface area contributed by atoms with Crippen LogP contribution in [0.3, 0.4) is 0 Å². The zero-order valence-corrected chi connectivity index (χ0v) is 26.1. The molecule has 1 heterocycles. The summed E-state index contributed by atoms with van der Waals surface area (Å²) in [7, 11) is 0. The second-order valence-electron chi connectivity index (χ2n) is 13.2. The van der Waals surface area contributed by atoms with Gasteiger partial charge in [-0.3, -0.25) is 0 Å². The Kier molecular flexibility index (Phi) is 5.25. The van der Waals surface area contributed by atoms with Gasteiger partial charge in [-0.25, -0.2) is 9.97 Å². The summed E-state index contributed by atoms with van der Waals surface area (Å²) in [5.74, 6) is 0.169. The molecule has 1 aromatic heterocycles. The predicted molar refractivity (Wildman–Crippen MR) is 198 cm³/mol. The quantitative estimate of drug-likeness (QED) is 0.183. The first-order valence-electron chi connectivity index (χ1n) is 16.7. The highest BCUT2D eigenvalue weighted by Crippen LogP contribution is 2.55. The van der Waals surface area contributed by atoms with Crippen molar-refractivity contribution in [1.29, 1.82) is 0 Å². The molecule has 0 N–H and O–H groups in total. The zero-order chi connectivity index (χ0) is 31.3. The van der Waals surface area contributed by atoms with Crippen molar-refractivity contribution in [3.63, 3.8) is 0 Å². The van der Waals surface area contributed by atoms with Crippen LogP contribution in [-0.2, 0) is 0 Å². The third-order valence-electron chi connectivity index (χ3n) is 10.7. The molecule has 0 aliphatic heterocycles. The van der Waals surface area contributed by atoms with Gasteiger partial charge < -0.3 is 0 Å². The average molecular weight is 609 g/mol. The van der Waals surface area contributed by atoms with Gasteiger partial charge in [0.2, 0.25) is 0 Å². The molecule has 0 fully saturated rings. The molecule has 0 atom stereocenters. The topological polar surface area (TPSA) is 25.8 Å². The fourth-order valence-electron chi connectivity index (χ4n) is 8.74. The Bertz CT molecular complexity index is 2540. The monoisotopic (exact) mass is 608 g/mol. The van der Waals surface area contributed by atoms with Crippen LogP contribution in [0.25, 0.3) is 65.6 Å². The number of hydrogen-bond acceptors (Lipinski definition) is 2. The fraction of sp³-hybridized carbons (Fsp3) is 0.0435. The van der Waals surface area contributed by atoms with Crippen LogP contribution < -0.4 is 0 Å². The maximum absolute atomic E-state index is 5.55. The molecular formula is C46H28N2. The normalized spacial score (nSPS) is 15.9. The highest BCUT2D eigenvalue weighted by molar-refractivity contribution is 6.25. The van der Waals surface area contributed by atoms with Crippen LogP contribution in [0.15, 0.2) is 158 Å². The van der Waals surface area contributed by atoms with Gasteiger partial charge >= 0.3 is 0 Å². The Morgan fingerprint density at radius 3 is 1.06 bits per heavy atom. The molecular weight excluding hydrogens is 581 g/mol. The highest BCUT2D eigenvalue weighted by Gasteiger charge is 2.43. The van der Waals surface area contributed by atoms with Crippen molar-refractivity contribution in [2.75, 3.05) is 0 Å². The molecule has 0 amide bonds. The molecule has 3 aliphatic carbocycles. The molecule has 0 radical (unpaired) electrons. The van der Waals surface area contributed by atoms with Gasteiger partial charge in [-0.05, 0) is 101 Å². The van der Waals surface area contributed by atoms with Gasteiger partial charge in [-0.1, -0.05) is 133 Å². The van der Waals surface area contributed by atoms with Crippen molar-refractivity contribution < 1.29 is 0 Å². The third-order valence-corrected chi connectivity index (χ3v) is 10.7. The molecule has 12 rings (SSSR count). The van der Waals surface area contributed by atoms with E-state index in [0.717, 1.165) is 22.4 Å². The average Bonchev–Trinajstić information content (AvgIpc) is 3.15. The van der Waals surface area contributed by atoms with Gasteiger partial charge in [0.25, 0.3) is 0 Å². The number of hydrogen-bond donors (Lipinski definition) is 0. The van der Waals surface area contributed by atoms with Crippen LogP contribution >= 0.6 is 0 Å². The molecule has 2 bridgehead atoms. The van der Waals surface area contributed by atoms with Crippen LogP contribution in [-0.4, -0.2) is 9.97 Å². The van der Waals surface area contributed by atoms with Gasteiger partial charge in [-0.2, -0.15) is 0 Å². The van der Waals surface area contributed by atoms with E-state index in [1.807, 2.05) is 0 Å². The Hall–Kier alpha value is -6.12. The van der Waals surface area contributed by atoms with E-state index in [1.165, 1.54) is 76.8 Å². The Morgan fingerprint density at radius 2 is 0.667 bits per heavy atom. The van der Waals surface area contributed by atoms with E-state index in [1.54, 1.807) is 0 Å². The lowest BCUT2D eigenvalue weighted by Gasteiger charge is -2.40. The van der Waals surface area contributed by atoms with E-state index >= 15 is 0 Å². The van der Waals surface area contributed by atoms with E-state index in [0.29, 0.717) is 0 Å². The molecule has 2 heteroatoms. The first-order chi connectivity index (χ1) is 23.8. The first kappa shape index (κ1) is 26.0. The Labute approximate surface area is 278 Å². The van der Waals surface area contributed by atoms with Crippen molar-refractivity contribution in [3.05, 3.63) is 191 Å². The fourth-order valence-corrected chi connectivity index (χ4v) is 8.74. The van der Waals surface area contributed by atoms with E-state index in [2.05, 4.69) is 158 Å². The van der Waals surface area contributed by atoms with Crippen molar-refractivity contribution in [1.82, 2.24) is 9.97 Å². The molecule has 3 aliphatic rings. The number of fused-ring (bicyclic) bond motifs is 4. The third kappa shape index (κ3) is 3.52. The lowest BCUT2D eigenvalue weighted by Crippen LogP contribution is -2.29. The van der Waals surface area contributed by atoms with Crippen molar-refractivity contribution in [2.45, 2.75) is 11.8 Å². The summed E-state index contributed by atoms with van der Waals surface area (Å²) in [6, 6.07) is 57.6. The molecule has 2 nitrogen and oxygen atoms in total. The van der Waals surface area contributed by atoms with Gasteiger partial charge in [0, 0.05) is 0 Å². The minimum absolute atomic E-state index is 0.0847. The van der Waals surface area contributed by atoms with E-state index in [-0.39, 0.29) is 11.8 Å². The lowest BCUT2D eigenvalue weighted by molar-refractivity contribution is 0.709. The van der Waals surface area contributed by atoms with Gasteiger partial charge in [0.1, 0.15) is 0 Å². The summed E-state index contributed by atoms with van der Waals surface area (Å²) < 4.78 is 0. The van der Waals surface area contributed by atoms with Gasteiger partial charge in [-0.15, -0.1) is 0 Å². The molecule has 222 valence electrons. The molecule has 0 unspecified atom stereocenters. The SMILES string of the molecule is c1ccc(-c2c3cc4ccccc4cc3c(-c3ccccc3)c3cc4nc5c(nc4cc23)C2c3ccccc3C5c3ccccc32)cc1. The molecule has 0 saturated carbocycles. The zero-order valence-electron chi connectivity index (χ0n) is 26.1. The number of aromatic nitrogens is 2. The second-order valence-corrected chi connectivity index (χ2v) is 13.2. The Balaban J connectivity index is 1.30. The summed E-state index contributed by atoms with van der Waals surface area (Å²) in [5.41, 5.74) is 14.4.